The predicted octanol–water partition coefficient (Wildman–Crippen LogP) is 2.94. The van der Waals surface area contributed by atoms with Gasteiger partial charge in [-0.2, -0.15) is 0 Å². The summed E-state index contributed by atoms with van der Waals surface area (Å²) in [5, 5.41) is -0.934. The number of carbonyl (C=O) groups excluding carboxylic acids is 2. The van der Waals surface area contributed by atoms with Crippen LogP contribution in [0.2, 0.25) is 0 Å². The lowest BCUT2D eigenvalue weighted by molar-refractivity contribution is -0.180. The van der Waals surface area contributed by atoms with Crippen LogP contribution in [0.25, 0.3) is 0 Å². The number of rotatable bonds is 6. The molecule has 0 N–H and O–H groups in total. The summed E-state index contributed by atoms with van der Waals surface area (Å²) in [5.41, 5.74) is -1.67. The minimum absolute atomic E-state index is 0.0563. The van der Waals surface area contributed by atoms with E-state index >= 15 is 0 Å². The molecular formula is C26H32BrN3O6S. The topological polar surface area (TPSA) is 106 Å². The van der Waals surface area contributed by atoms with E-state index < -0.39 is 38.2 Å². The largest absolute Gasteiger partial charge is 0.463 e. The number of hydrogen-bond donors (Lipinski definition) is 0. The zero-order chi connectivity index (χ0) is 26.3. The Kier molecular flexibility index (Phi) is 7.34. The van der Waals surface area contributed by atoms with E-state index in [1.807, 2.05) is 12.4 Å². The number of ether oxygens (including phenoxy) is 2. The molecule has 1 aromatic rings. The van der Waals surface area contributed by atoms with Gasteiger partial charge in [0.05, 0.1) is 34.9 Å². The standard InChI is InChI=1S/C26H32BrN3O6S/c1-19(31)35-17-26-15-22(37(33,34)21-4-2-20(27)3-5-21)14-24(32)23(26)16-25(36-26)6-10-29(11-7-25)18-30-12-8-28-9-13-30/h2-5,8-9,12,22-23H,6-7,10-11,13-18H2,1H3. The van der Waals surface area contributed by atoms with Crippen LogP contribution in [0.1, 0.15) is 39.0 Å². The van der Waals surface area contributed by atoms with Crippen LogP contribution in [0.5, 0.6) is 0 Å². The number of aliphatic imine (C=N–C) groups is 1. The number of nitrogens with zero attached hydrogens (tertiary/aromatic N) is 3. The number of benzene rings is 1. The van der Waals surface area contributed by atoms with Gasteiger partial charge in [0.15, 0.2) is 9.84 Å². The van der Waals surface area contributed by atoms with Crippen molar-refractivity contribution in [1.82, 2.24) is 9.80 Å². The van der Waals surface area contributed by atoms with E-state index in [-0.39, 0.29) is 30.1 Å². The van der Waals surface area contributed by atoms with Crippen molar-refractivity contribution in [1.29, 1.82) is 0 Å². The summed E-state index contributed by atoms with van der Waals surface area (Å²) in [6.45, 7) is 4.35. The minimum atomic E-state index is -3.79. The SMILES string of the molecule is CC(=O)OCC12CC(S(=O)(=O)c3ccc(Br)cc3)CC(=O)C1CC1(CCN(CN3C=CN=CC3)CC1)O2. The number of halogens is 1. The van der Waals surface area contributed by atoms with Crippen molar-refractivity contribution in [3.63, 3.8) is 0 Å². The molecule has 3 atom stereocenters. The van der Waals surface area contributed by atoms with Gasteiger partial charge in [-0.15, -0.1) is 0 Å². The lowest BCUT2D eigenvalue weighted by Crippen LogP contribution is -2.54. The lowest BCUT2D eigenvalue weighted by Gasteiger charge is -2.43. The van der Waals surface area contributed by atoms with Crippen molar-refractivity contribution in [3.05, 3.63) is 41.1 Å². The molecule has 200 valence electrons. The summed E-state index contributed by atoms with van der Waals surface area (Å²) in [5.74, 6) is -1.09. The molecule has 1 aliphatic carbocycles. The Balaban J connectivity index is 1.35. The first-order valence-corrected chi connectivity index (χ1v) is 15.0. The molecule has 9 nitrogen and oxygen atoms in total. The van der Waals surface area contributed by atoms with E-state index in [0.717, 1.165) is 43.6 Å². The Labute approximate surface area is 225 Å². The van der Waals surface area contributed by atoms with E-state index in [9.17, 15) is 18.0 Å². The van der Waals surface area contributed by atoms with Crippen LogP contribution in [0.4, 0.5) is 0 Å². The summed E-state index contributed by atoms with van der Waals surface area (Å²) < 4.78 is 40.1. The molecule has 1 spiro atoms. The van der Waals surface area contributed by atoms with E-state index in [2.05, 4.69) is 30.7 Å². The predicted molar refractivity (Wildman–Crippen MR) is 141 cm³/mol. The smallest absolute Gasteiger partial charge is 0.302 e. The fourth-order valence-corrected chi connectivity index (χ4v) is 8.19. The van der Waals surface area contributed by atoms with Gasteiger partial charge in [0.1, 0.15) is 18.0 Å². The molecule has 3 unspecified atom stereocenters. The van der Waals surface area contributed by atoms with Crippen molar-refractivity contribution < 1.29 is 27.5 Å². The second-order valence-electron chi connectivity index (χ2n) is 10.5. The first kappa shape index (κ1) is 26.5. The van der Waals surface area contributed by atoms with E-state index in [1.54, 1.807) is 30.5 Å². The van der Waals surface area contributed by atoms with E-state index in [4.69, 9.17) is 9.47 Å². The highest BCUT2D eigenvalue weighted by molar-refractivity contribution is 9.10. The van der Waals surface area contributed by atoms with Gasteiger partial charge in [-0.1, -0.05) is 15.9 Å². The minimum Gasteiger partial charge on any atom is -0.463 e. The van der Waals surface area contributed by atoms with Crippen LogP contribution in [-0.4, -0.2) is 85.5 Å². The Morgan fingerprint density at radius 1 is 1.22 bits per heavy atom. The monoisotopic (exact) mass is 593 g/mol. The van der Waals surface area contributed by atoms with Crippen LogP contribution in [0, 0.1) is 5.92 Å². The van der Waals surface area contributed by atoms with Crippen LogP contribution >= 0.6 is 15.9 Å². The second-order valence-corrected chi connectivity index (χ2v) is 13.7. The molecule has 5 rings (SSSR count). The Bertz CT molecular complexity index is 1210. The van der Waals surface area contributed by atoms with Crippen molar-refractivity contribution in [2.75, 3.05) is 32.9 Å². The molecule has 2 saturated heterocycles. The van der Waals surface area contributed by atoms with Gasteiger partial charge in [-0.05, 0) is 49.9 Å². The quantitative estimate of drug-likeness (QED) is 0.463. The van der Waals surface area contributed by atoms with Gasteiger partial charge in [-0.3, -0.25) is 19.5 Å². The Morgan fingerprint density at radius 2 is 1.95 bits per heavy atom. The maximum atomic E-state index is 13.6. The summed E-state index contributed by atoms with van der Waals surface area (Å²) >= 11 is 3.34. The van der Waals surface area contributed by atoms with Crippen molar-refractivity contribution in [3.8, 4) is 0 Å². The fourth-order valence-electron chi connectivity index (χ4n) is 6.14. The van der Waals surface area contributed by atoms with Gasteiger partial charge < -0.3 is 14.4 Å². The molecular weight excluding hydrogens is 562 g/mol. The van der Waals surface area contributed by atoms with Crippen LogP contribution < -0.4 is 0 Å². The Hall–Kier alpha value is -2.08. The maximum Gasteiger partial charge on any atom is 0.302 e. The molecule has 3 fully saturated rings. The maximum absolute atomic E-state index is 13.6. The number of sulfone groups is 1. The third-order valence-corrected chi connectivity index (χ3v) is 10.7. The molecule has 0 amide bonds. The normalized spacial score (nSPS) is 29.5. The van der Waals surface area contributed by atoms with Gasteiger partial charge in [-0.25, -0.2) is 8.42 Å². The first-order chi connectivity index (χ1) is 17.6. The van der Waals surface area contributed by atoms with Gasteiger partial charge in [0.25, 0.3) is 0 Å². The van der Waals surface area contributed by atoms with Crippen LogP contribution in [0.3, 0.4) is 0 Å². The number of ketones is 1. The van der Waals surface area contributed by atoms with Crippen molar-refractivity contribution >= 4 is 43.7 Å². The highest BCUT2D eigenvalue weighted by atomic mass is 79.9. The fraction of sp³-hybridized carbons (Fsp3) is 0.577. The number of carbonyl (C=O) groups is 2. The lowest BCUT2D eigenvalue weighted by atomic mass is 9.72. The molecule has 0 aromatic heterocycles. The van der Waals surface area contributed by atoms with Crippen LogP contribution in [0.15, 0.2) is 51.0 Å². The number of likely N-dealkylation sites (tertiary alicyclic amines) is 1. The average Bonchev–Trinajstić information content (AvgIpc) is 3.20. The number of fused-ring (bicyclic) bond motifs is 1. The van der Waals surface area contributed by atoms with E-state index in [1.165, 1.54) is 6.92 Å². The first-order valence-electron chi connectivity index (χ1n) is 12.6. The molecule has 1 aromatic carbocycles. The molecule has 3 aliphatic heterocycles. The zero-order valence-corrected chi connectivity index (χ0v) is 23.2. The number of hydrogen-bond acceptors (Lipinski definition) is 9. The highest BCUT2D eigenvalue weighted by Gasteiger charge is 2.63. The molecule has 4 aliphatic rings. The second kappa shape index (κ2) is 10.2. The number of piperidine rings is 1. The highest BCUT2D eigenvalue weighted by Crippen LogP contribution is 2.53. The van der Waals surface area contributed by atoms with Gasteiger partial charge in [0, 0.05) is 49.5 Å². The molecule has 3 heterocycles. The van der Waals surface area contributed by atoms with Gasteiger partial charge in [0.2, 0.25) is 0 Å². The summed E-state index contributed by atoms with van der Waals surface area (Å²) in [6, 6.07) is 6.45. The van der Waals surface area contributed by atoms with Crippen molar-refractivity contribution in [2.45, 2.75) is 60.4 Å². The van der Waals surface area contributed by atoms with E-state index in [0.29, 0.717) is 6.42 Å². The van der Waals surface area contributed by atoms with Crippen molar-refractivity contribution in [2.24, 2.45) is 10.9 Å². The molecule has 0 bridgehead atoms. The summed E-state index contributed by atoms with van der Waals surface area (Å²) in [7, 11) is -3.79. The summed E-state index contributed by atoms with van der Waals surface area (Å²) in [4.78, 5) is 34.1. The molecule has 37 heavy (non-hydrogen) atoms. The molecule has 0 radical (unpaired) electrons. The number of Topliss-reactive ketones (excluding diaryl/α,β-unsaturated/α-hetero) is 1. The third-order valence-electron chi connectivity index (χ3n) is 8.06. The third kappa shape index (κ3) is 5.41. The zero-order valence-electron chi connectivity index (χ0n) is 20.8. The summed E-state index contributed by atoms with van der Waals surface area (Å²) in [6.07, 6.45) is 7.69. The van der Waals surface area contributed by atoms with Crippen LogP contribution in [-0.2, 0) is 28.9 Å². The molecule has 11 heteroatoms. The van der Waals surface area contributed by atoms with Gasteiger partial charge >= 0.3 is 5.97 Å². The Morgan fingerprint density at radius 3 is 2.59 bits per heavy atom. The molecule has 1 saturated carbocycles. The number of esters is 1. The average molecular weight is 595 g/mol.